The van der Waals surface area contributed by atoms with Crippen molar-refractivity contribution in [1.82, 2.24) is 0 Å². The first-order valence-electron chi connectivity index (χ1n) is 3.15. The van der Waals surface area contributed by atoms with Gasteiger partial charge in [-0.25, -0.2) is 9.64 Å². The van der Waals surface area contributed by atoms with Gasteiger partial charge in [0, 0.05) is 5.69 Å². The molecule has 0 bridgehead atoms. The second-order valence-corrected chi connectivity index (χ2v) is 2.19. The molecule has 0 spiro atoms. The fourth-order valence-electron chi connectivity index (χ4n) is 0.814. The first kappa shape index (κ1) is 8.08. The lowest BCUT2D eigenvalue weighted by atomic mass is 10.1. The van der Waals surface area contributed by atoms with Crippen LogP contribution in [0.5, 0.6) is 0 Å². The van der Waals surface area contributed by atoms with E-state index in [4.69, 9.17) is 17.4 Å². The SMILES string of the molecule is [C-]#[N+]c1ccc(C(=O)O)c(N)c1. The summed E-state index contributed by atoms with van der Waals surface area (Å²) < 4.78 is 0. The molecule has 12 heavy (non-hydrogen) atoms. The average Bonchev–Trinajstić information content (AvgIpc) is 2.03. The van der Waals surface area contributed by atoms with Crippen molar-refractivity contribution in [2.75, 3.05) is 5.73 Å². The van der Waals surface area contributed by atoms with E-state index in [2.05, 4.69) is 4.85 Å². The van der Waals surface area contributed by atoms with Gasteiger partial charge in [-0.05, 0) is 6.07 Å². The van der Waals surface area contributed by atoms with Crippen LogP contribution in [0.1, 0.15) is 10.4 Å². The zero-order valence-corrected chi connectivity index (χ0v) is 6.11. The van der Waals surface area contributed by atoms with E-state index >= 15 is 0 Å². The molecule has 0 aromatic heterocycles. The largest absolute Gasteiger partial charge is 0.478 e. The molecule has 0 aliphatic heterocycles. The van der Waals surface area contributed by atoms with Crippen molar-refractivity contribution in [3.05, 3.63) is 35.2 Å². The van der Waals surface area contributed by atoms with Gasteiger partial charge in [-0.15, -0.1) is 0 Å². The molecule has 1 aromatic carbocycles. The highest BCUT2D eigenvalue weighted by molar-refractivity contribution is 5.94. The molecule has 0 saturated carbocycles. The van der Waals surface area contributed by atoms with Crippen LogP contribution in [0.2, 0.25) is 0 Å². The van der Waals surface area contributed by atoms with E-state index in [1.165, 1.54) is 18.2 Å². The van der Waals surface area contributed by atoms with Crippen molar-refractivity contribution in [1.29, 1.82) is 0 Å². The summed E-state index contributed by atoms with van der Waals surface area (Å²) in [6.45, 7) is 6.64. The number of benzene rings is 1. The quantitative estimate of drug-likeness (QED) is 0.486. The van der Waals surface area contributed by atoms with Gasteiger partial charge in [0.1, 0.15) is 0 Å². The lowest BCUT2D eigenvalue weighted by molar-refractivity contribution is 0.0698. The molecule has 0 heterocycles. The highest BCUT2D eigenvalue weighted by Gasteiger charge is 2.06. The van der Waals surface area contributed by atoms with E-state index in [9.17, 15) is 4.79 Å². The minimum atomic E-state index is -1.08. The molecule has 1 aromatic rings. The molecule has 60 valence electrons. The smallest absolute Gasteiger partial charge is 0.337 e. The highest BCUT2D eigenvalue weighted by atomic mass is 16.4. The summed E-state index contributed by atoms with van der Waals surface area (Å²) in [7, 11) is 0. The summed E-state index contributed by atoms with van der Waals surface area (Å²) in [5, 5.41) is 8.57. The predicted molar refractivity (Wildman–Crippen MR) is 44.1 cm³/mol. The fraction of sp³-hybridized carbons (Fsp3) is 0. The normalized spacial score (nSPS) is 8.92. The monoisotopic (exact) mass is 162 g/mol. The minimum Gasteiger partial charge on any atom is -0.478 e. The van der Waals surface area contributed by atoms with Crippen LogP contribution in [-0.4, -0.2) is 11.1 Å². The number of anilines is 1. The molecular formula is C8H6N2O2. The number of hydrogen-bond donors (Lipinski definition) is 2. The molecular weight excluding hydrogens is 156 g/mol. The molecule has 4 nitrogen and oxygen atoms in total. The van der Waals surface area contributed by atoms with Crippen LogP contribution in [0, 0.1) is 6.57 Å². The Morgan fingerprint density at radius 3 is 2.67 bits per heavy atom. The summed E-state index contributed by atoms with van der Waals surface area (Å²) in [5.74, 6) is -1.08. The number of nitrogens with two attached hydrogens (primary N) is 1. The molecule has 1 rings (SSSR count). The Balaban J connectivity index is 3.23. The molecule has 0 aliphatic rings. The molecule has 0 unspecified atom stereocenters. The third kappa shape index (κ3) is 1.35. The summed E-state index contributed by atoms with van der Waals surface area (Å²) in [6, 6.07) is 4.09. The van der Waals surface area contributed by atoms with Crippen molar-refractivity contribution in [2.24, 2.45) is 0 Å². The van der Waals surface area contributed by atoms with Gasteiger partial charge in [0.2, 0.25) is 0 Å². The number of carbonyl (C=O) groups is 1. The lowest BCUT2D eigenvalue weighted by Gasteiger charge is -1.99. The topological polar surface area (TPSA) is 67.7 Å². The van der Waals surface area contributed by atoms with Gasteiger partial charge in [-0.3, -0.25) is 0 Å². The van der Waals surface area contributed by atoms with Gasteiger partial charge in [0.15, 0.2) is 5.69 Å². The zero-order chi connectivity index (χ0) is 9.14. The summed E-state index contributed by atoms with van der Waals surface area (Å²) in [5.41, 5.74) is 5.87. The maximum Gasteiger partial charge on any atom is 0.337 e. The predicted octanol–water partition coefficient (Wildman–Crippen LogP) is 1.52. The van der Waals surface area contributed by atoms with Gasteiger partial charge < -0.3 is 10.8 Å². The van der Waals surface area contributed by atoms with Crippen LogP contribution in [0.25, 0.3) is 4.85 Å². The van der Waals surface area contributed by atoms with Crippen LogP contribution in [0.4, 0.5) is 11.4 Å². The number of rotatable bonds is 1. The summed E-state index contributed by atoms with van der Waals surface area (Å²) in [6.07, 6.45) is 0. The molecule has 0 saturated heterocycles. The Bertz CT molecular complexity index is 366. The number of carboxylic acids is 1. The van der Waals surface area contributed by atoms with Crippen molar-refractivity contribution < 1.29 is 9.90 Å². The highest BCUT2D eigenvalue weighted by Crippen LogP contribution is 2.19. The van der Waals surface area contributed by atoms with Crippen molar-refractivity contribution in [3.63, 3.8) is 0 Å². The van der Waals surface area contributed by atoms with Crippen LogP contribution >= 0.6 is 0 Å². The Hall–Kier alpha value is -2.02. The van der Waals surface area contributed by atoms with E-state index in [-0.39, 0.29) is 11.3 Å². The summed E-state index contributed by atoms with van der Waals surface area (Å²) >= 11 is 0. The third-order valence-corrected chi connectivity index (χ3v) is 1.39. The molecule has 0 fully saturated rings. The molecule has 0 atom stereocenters. The van der Waals surface area contributed by atoms with Gasteiger partial charge in [-0.1, -0.05) is 12.1 Å². The first-order valence-corrected chi connectivity index (χ1v) is 3.15. The number of aromatic carboxylic acids is 1. The van der Waals surface area contributed by atoms with E-state index < -0.39 is 5.97 Å². The third-order valence-electron chi connectivity index (χ3n) is 1.39. The molecule has 3 N–H and O–H groups in total. The van der Waals surface area contributed by atoms with E-state index in [1.807, 2.05) is 0 Å². The Labute approximate surface area is 69.1 Å². The lowest BCUT2D eigenvalue weighted by Crippen LogP contribution is -2.01. The van der Waals surface area contributed by atoms with Crippen molar-refractivity contribution >= 4 is 17.3 Å². The van der Waals surface area contributed by atoms with E-state index in [1.54, 1.807) is 0 Å². The molecule has 0 radical (unpaired) electrons. The van der Waals surface area contributed by atoms with E-state index in [0.717, 1.165) is 0 Å². The standard InChI is InChI=1S/C8H6N2O2/c1-10-5-2-3-6(8(11)12)7(9)4-5/h2-4H,9H2,(H,11,12). The second-order valence-electron chi connectivity index (χ2n) is 2.19. The number of nitrogens with zero attached hydrogens (tertiary/aromatic N) is 1. The van der Waals surface area contributed by atoms with Crippen molar-refractivity contribution in [2.45, 2.75) is 0 Å². The second kappa shape index (κ2) is 2.93. The zero-order valence-electron chi connectivity index (χ0n) is 6.11. The molecule has 4 heteroatoms. The van der Waals surface area contributed by atoms with Crippen LogP contribution in [0.3, 0.4) is 0 Å². The maximum absolute atomic E-state index is 10.5. The number of hydrogen-bond acceptors (Lipinski definition) is 2. The van der Waals surface area contributed by atoms with Crippen LogP contribution in [-0.2, 0) is 0 Å². The van der Waals surface area contributed by atoms with Gasteiger partial charge in [0.25, 0.3) is 0 Å². The van der Waals surface area contributed by atoms with Crippen molar-refractivity contribution in [3.8, 4) is 0 Å². The number of carboxylic acid groups (broad SMARTS) is 1. The maximum atomic E-state index is 10.5. The minimum absolute atomic E-state index is 0.0300. The van der Waals surface area contributed by atoms with E-state index in [0.29, 0.717) is 5.69 Å². The molecule has 0 aliphatic carbocycles. The van der Waals surface area contributed by atoms with Crippen LogP contribution in [0.15, 0.2) is 18.2 Å². The Kier molecular flexibility index (Phi) is 1.97. The Morgan fingerprint density at radius 2 is 2.25 bits per heavy atom. The van der Waals surface area contributed by atoms with Crippen LogP contribution < -0.4 is 5.73 Å². The Morgan fingerprint density at radius 1 is 1.58 bits per heavy atom. The van der Waals surface area contributed by atoms with Gasteiger partial charge in [-0.2, -0.15) is 0 Å². The average molecular weight is 162 g/mol. The van der Waals surface area contributed by atoms with Gasteiger partial charge in [0.05, 0.1) is 12.1 Å². The summed E-state index contributed by atoms with van der Waals surface area (Å²) in [4.78, 5) is 13.6. The molecule has 0 amide bonds. The first-order chi connectivity index (χ1) is 5.65. The van der Waals surface area contributed by atoms with Gasteiger partial charge >= 0.3 is 5.97 Å². The number of nitrogen functional groups attached to an aromatic ring is 1. The fourth-order valence-corrected chi connectivity index (χ4v) is 0.814.